The van der Waals surface area contributed by atoms with E-state index in [4.69, 9.17) is 4.74 Å². The zero-order valence-corrected chi connectivity index (χ0v) is 13.6. The zero-order valence-electron chi connectivity index (χ0n) is 12.0. The third-order valence-electron chi connectivity index (χ3n) is 3.11. The van der Waals surface area contributed by atoms with Crippen molar-refractivity contribution in [2.45, 2.75) is 26.8 Å². The lowest BCUT2D eigenvalue weighted by atomic mass is 10.1. The van der Waals surface area contributed by atoms with Gasteiger partial charge in [-0.3, -0.25) is 0 Å². The van der Waals surface area contributed by atoms with E-state index in [1.165, 1.54) is 0 Å². The van der Waals surface area contributed by atoms with E-state index >= 15 is 0 Å². The summed E-state index contributed by atoms with van der Waals surface area (Å²) in [5.41, 5.74) is 3.16. The first-order valence-corrected chi connectivity index (χ1v) is 7.52. The molecule has 0 aliphatic rings. The van der Waals surface area contributed by atoms with Gasteiger partial charge in [0.15, 0.2) is 0 Å². The maximum atomic E-state index is 5.68. The van der Waals surface area contributed by atoms with Gasteiger partial charge in [-0.25, -0.2) is 4.98 Å². The van der Waals surface area contributed by atoms with Gasteiger partial charge < -0.3 is 10.1 Å². The van der Waals surface area contributed by atoms with Crippen LogP contribution in [0.25, 0.3) is 0 Å². The van der Waals surface area contributed by atoms with E-state index < -0.39 is 0 Å². The van der Waals surface area contributed by atoms with Gasteiger partial charge in [0.2, 0.25) is 0 Å². The van der Waals surface area contributed by atoms with E-state index in [1.54, 1.807) is 0 Å². The van der Waals surface area contributed by atoms with Crippen molar-refractivity contribution in [2.24, 2.45) is 0 Å². The molecule has 2 rings (SSSR count). The number of nitrogens with one attached hydrogen (secondary N) is 1. The number of pyridine rings is 1. The first-order chi connectivity index (χ1) is 9.61. The number of rotatable bonds is 5. The van der Waals surface area contributed by atoms with E-state index in [-0.39, 0.29) is 6.04 Å². The molecule has 0 radical (unpaired) electrons. The third kappa shape index (κ3) is 3.51. The van der Waals surface area contributed by atoms with E-state index in [0.717, 1.165) is 27.3 Å². The Hall–Kier alpha value is -1.55. The highest BCUT2D eigenvalue weighted by Gasteiger charge is 2.12. The Morgan fingerprint density at radius 2 is 2.00 bits per heavy atom. The number of hydrogen-bond acceptors (Lipinski definition) is 3. The normalized spacial score (nSPS) is 12.0. The van der Waals surface area contributed by atoms with Crippen molar-refractivity contribution in [1.82, 2.24) is 4.98 Å². The number of para-hydroxylation sites is 1. The molecule has 0 spiro atoms. The van der Waals surface area contributed by atoms with Crippen molar-refractivity contribution in [3.8, 4) is 5.75 Å². The largest absolute Gasteiger partial charge is 0.494 e. The Kier molecular flexibility index (Phi) is 5.01. The second-order valence-electron chi connectivity index (χ2n) is 4.60. The van der Waals surface area contributed by atoms with Crippen LogP contribution in [0.2, 0.25) is 0 Å². The van der Waals surface area contributed by atoms with Crippen LogP contribution in [0.1, 0.15) is 31.1 Å². The molecule has 0 aliphatic carbocycles. The van der Waals surface area contributed by atoms with Gasteiger partial charge in [-0.2, -0.15) is 0 Å². The summed E-state index contributed by atoms with van der Waals surface area (Å²) in [5, 5.41) is 3.49. The summed E-state index contributed by atoms with van der Waals surface area (Å²) >= 11 is 3.38. The number of hydrogen-bond donors (Lipinski definition) is 1. The van der Waals surface area contributed by atoms with Crippen molar-refractivity contribution in [2.75, 3.05) is 11.9 Å². The average molecular weight is 335 g/mol. The number of aromatic nitrogens is 1. The van der Waals surface area contributed by atoms with Gasteiger partial charge in [0, 0.05) is 5.56 Å². The number of aryl methyl sites for hydroxylation is 1. The molecule has 1 N–H and O–H groups in total. The summed E-state index contributed by atoms with van der Waals surface area (Å²) in [4.78, 5) is 4.40. The van der Waals surface area contributed by atoms with E-state index in [1.807, 2.05) is 44.2 Å². The molecular formula is C16H19BrN2O. The number of halogens is 1. The number of benzene rings is 1. The molecule has 0 amide bonds. The van der Waals surface area contributed by atoms with Crippen molar-refractivity contribution in [3.05, 3.63) is 52.3 Å². The summed E-state index contributed by atoms with van der Waals surface area (Å²) in [7, 11) is 0. The monoisotopic (exact) mass is 334 g/mol. The van der Waals surface area contributed by atoms with Crippen molar-refractivity contribution < 1.29 is 4.74 Å². The minimum Gasteiger partial charge on any atom is -0.494 e. The van der Waals surface area contributed by atoms with Crippen LogP contribution < -0.4 is 10.1 Å². The molecule has 0 aliphatic heterocycles. The summed E-state index contributed by atoms with van der Waals surface area (Å²) in [6.07, 6.45) is 0. The number of anilines is 1. The minimum absolute atomic E-state index is 0.152. The molecular weight excluding hydrogens is 316 g/mol. The molecule has 2 aromatic rings. The van der Waals surface area contributed by atoms with Crippen molar-refractivity contribution in [1.29, 1.82) is 0 Å². The highest BCUT2D eigenvalue weighted by molar-refractivity contribution is 9.10. The van der Waals surface area contributed by atoms with Crippen LogP contribution in [-0.4, -0.2) is 11.6 Å². The van der Waals surface area contributed by atoms with Crippen LogP contribution in [0.5, 0.6) is 5.75 Å². The Morgan fingerprint density at radius 1 is 1.25 bits per heavy atom. The molecule has 1 aromatic heterocycles. The lowest BCUT2D eigenvalue weighted by Gasteiger charge is -2.20. The Morgan fingerprint density at radius 3 is 2.70 bits per heavy atom. The van der Waals surface area contributed by atoms with Gasteiger partial charge >= 0.3 is 0 Å². The molecule has 1 heterocycles. The van der Waals surface area contributed by atoms with Crippen molar-refractivity contribution >= 4 is 21.6 Å². The van der Waals surface area contributed by atoms with Crippen LogP contribution in [0.15, 0.2) is 41.0 Å². The molecule has 1 atom stereocenters. The first-order valence-electron chi connectivity index (χ1n) is 6.73. The van der Waals surface area contributed by atoms with Crippen LogP contribution in [0.4, 0.5) is 5.69 Å². The fourth-order valence-electron chi connectivity index (χ4n) is 2.12. The predicted octanol–water partition coefficient (Wildman–Crippen LogP) is 4.72. The maximum absolute atomic E-state index is 5.68. The molecule has 0 saturated heterocycles. The van der Waals surface area contributed by atoms with Gasteiger partial charge in [-0.15, -0.1) is 0 Å². The second kappa shape index (κ2) is 6.75. The summed E-state index contributed by atoms with van der Waals surface area (Å²) < 4.78 is 6.53. The Labute approximate surface area is 128 Å². The Bertz CT molecular complexity index is 586. The fourth-order valence-corrected chi connectivity index (χ4v) is 2.52. The molecule has 1 aromatic carbocycles. The molecule has 0 saturated carbocycles. The second-order valence-corrected chi connectivity index (χ2v) is 5.42. The quantitative estimate of drug-likeness (QED) is 0.803. The molecule has 20 heavy (non-hydrogen) atoms. The summed E-state index contributed by atoms with van der Waals surface area (Å²) in [6, 6.07) is 12.2. The minimum atomic E-state index is 0.152. The third-order valence-corrected chi connectivity index (χ3v) is 3.55. The van der Waals surface area contributed by atoms with Gasteiger partial charge in [0.25, 0.3) is 0 Å². The zero-order chi connectivity index (χ0) is 14.5. The SMILES string of the molecule is CCOc1ccccc1C(C)Nc1ccc(Br)nc1C. The Balaban J connectivity index is 2.21. The summed E-state index contributed by atoms with van der Waals surface area (Å²) in [5.74, 6) is 0.928. The average Bonchev–Trinajstić information content (AvgIpc) is 2.43. The highest BCUT2D eigenvalue weighted by atomic mass is 79.9. The highest BCUT2D eigenvalue weighted by Crippen LogP contribution is 2.28. The van der Waals surface area contributed by atoms with Crippen LogP contribution in [0, 0.1) is 6.92 Å². The van der Waals surface area contributed by atoms with Gasteiger partial charge in [0.1, 0.15) is 10.4 Å². The van der Waals surface area contributed by atoms with Gasteiger partial charge in [-0.1, -0.05) is 18.2 Å². The molecule has 4 heteroatoms. The van der Waals surface area contributed by atoms with E-state index in [9.17, 15) is 0 Å². The van der Waals surface area contributed by atoms with Gasteiger partial charge in [0.05, 0.1) is 24.0 Å². The van der Waals surface area contributed by atoms with Crippen LogP contribution in [0.3, 0.4) is 0 Å². The predicted molar refractivity (Wildman–Crippen MR) is 86.3 cm³/mol. The molecule has 106 valence electrons. The lowest BCUT2D eigenvalue weighted by molar-refractivity contribution is 0.335. The standard InChI is InChI=1S/C16H19BrN2O/c1-4-20-15-8-6-5-7-13(15)11(2)18-14-9-10-16(17)19-12(14)3/h5-11,18H,4H2,1-3H3. The topological polar surface area (TPSA) is 34.1 Å². The number of ether oxygens (including phenoxy) is 1. The number of nitrogens with zero attached hydrogens (tertiary/aromatic N) is 1. The molecule has 0 bridgehead atoms. The van der Waals surface area contributed by atoms with E-state index in [0.29, 0.717) is 6.61 Å². The van der Waals surface area contributed by atoms with Crippen LogP contribution in [-0.2, 0) is 0 Å². The lowest BCUT2D eigenvalue weighted by Crippen LogP contribution is -2.10. The summed E-state index contributed by atoms with van der Waals surface area (Å²) in [6.45, 7) is 6.79. The van der Waals surface area contributed by atoms with Crippen LogP contribution >= 0.6 is 15.9 Å². The van der Waals surface area contributed by atoms with E-state index in [2.05, 4.69) is 39.2 Å². The molecule has 1 unspecified atom stereocenters. The van der Waals surface area contributed by atoms with Gasteiger partial charge in [-0.05, 0) is 54.9 Å². The first kappa shape index (κ1) is 14.9. The van der Waals surface area contributed by atoms with Crippen molar-refractivity contribution in [3.63, 3.8) is 0 Å². The molecule has 0 fully saturated rings. The molecule has 3 nitrogen and oxygen atoms in total. The maximum Gasteiger partial charge on any atom is 0.124 e. The fraction of sp³-hybridized carbons (Fsp3) is 0.312. The smallest absolute Gasteiger partial charge is 0.124 e.